The Morgan fingerprint density at radius 1 is 1.14 bits per heavy atom. The van der Waals surface area contributed by atoms with Gasteiger partial charge in [-0.3, -0.25) is 19.7 Å². The third-order valence-corrected chi connectivity index (χ3v) is 4.98. The van der Waals surface area contributed by atoms with Gasteiger partial charge in [-0.05, 0) is 54.7 Å². The van der Waals surface area contributed by atoms with Gasteiger partial charge < -0.3 is 10.2 Å². The van der Waals surface area contributed by atoms with Crippen LogP contribution >= 0.6 is 0 Å². The summed E-state index contributed by atoms with van der Waals surface area (Å²) in [5, 5.41) is 13.5. The molecule has 0 aromatic heterocycles. The van der Waals surface area contributed by atoms with Crippen LogP contribution in [0.2, 0.25) is 0 Å². The molecule has 29 heavy (non-hydrogen) atoms. The minimum Gasteiger partial charge on any atom is -0.339 e. The molecule has 1 aliphatic heterocycles. The molecule has 3 rings (SSSR count). The van der Waals surface area contributed by atoms with Crippen LogP contribution in [0.3, 0.4) is 0 Å². The number of rotatable bonds is 5. The van der Waals surface area contributed by atoms with E-state index in [-0.39, 0.29) is 17.5 Å². The van der Waals surface area contributed by atoms with Crippen molar-refractivity contribution >= 4 is 29.3 Å². The van der Waals surface area contributed by atoms with Gasteiger partial charge in [0.1, 0.15) is 0 Å². The van der Waals surface area contributed by atoms with Gasteiger partial charge >= 0.3 is 0 Å². The van der Waals surface area contributed by atoms with E-state index in [1.165, 1.54) is 24.3 Å². The van der Waals surface area contributed by atoms with Crippen molar-refractivity contribution in [2.45, 2.75) is 19.8 Å². The van der Waals surface area contributed by atoms with Gasteiger partial charge in [-0.15, -0.1) is 0 Å². The number of carbonyl (C=O) groups excluding carboxylic acids is 2. The zero-order valence-electron chi connectivity index (χ0n) is 16.2. The molecule has 1 N–H and O–H groups in total. The van der Waals surface area contributed by atoms with E-state index in [9.17, 15) is 19.7 Å². The average Bonchev–Trinajstić information content (AvgIpc) is 2.73. The number of hydrogen-bond donors (Lipinski definition) is 1. The SMILES string of the molecule is CC1CCN(C(=O)c2ccc(NC(=O)/C=C/c3cccc([N+](=O)[O-])c3)cc2)CC1. The molecule has 1 heterocycles. The molecule has 7 heteroatoms. The van der Waals surface area contributed by atoms with Gasteiger partial charge in [0.15, 0.2) is 0 Å². The van der Waals surface area contributed by atoms with Crippen molar-refractivity contribution in [1.82, 2.24) is 4.90 Å². The summed E-state index contributed by atoms with van der Waals surface area (Å²) in [6.45, 7) is 3.76. The highest BCUT2D eigenvalue weighted by Gasteiger charge is 2.21. The fraction of sp³-hybridized carbons (Fsp3) is 0.273. The number of hydrogen-bond acceptors (Lipinski definition) is 4. The summed E-state index contributed by atoms with van der Waals surface area (Å²) in [5.41, 5.74) is 1.70. The first-order valence-electron chi connectivity index (χ1n) is 9.55. The van der Waals surface area contributed by atoms with Crippen LogP contribution in [0.25, 0.3) is 6.08 Å². The maximum Gasteiger partial charge on any atom is 0.270 e. The van der Waals surface area contributed by atoms with Crippen LogP contribution in [-0.4, -0.2) is 34.7 Å². The second-order valence-electron chi connectivity index (χ2n) is 7.23. The van der Waals surface area contributed by atoms with Crippen LogP contribution in [-0.2, 0) is 4.79 Å². The topological polar surface area (TPSA) is 92.6 Å². The number of nitro groups is 1. The Bertz CT molecular complexity index is 929. The highest BCUT2D eigenvalue weighted by Crippen LogP contribution is 2.19. The normalized spacial score (nSPS) is 14.7. The Kier molecular flexibility index (Phi) is 6.39. The molecular weight excluding hydrogens is 370 g/mol. The first-order valence-corrected chi connectivity index (χ1v) is 9.55. The third-order valence-electron chi connectivity index (χ3n) is 4.98. The molecule has 2 amide bonds. The minimum absolute atomic E-state index is 0.0142. The lowest BCUT2D eigenvalue weighted by Gasteiger charge is -2.30. The van der Waals surface area contributed by atoms with E-state index in [0.29, 0.717) is 22.7 Å². The Hall–Kier alpha value is -3.48. The van der Waals surface area contributed by atoms with Crippen molar-refractivity contribution in [3.8, 4) is 0 Å². The standard InChI is InChI=1S/C22H23N3O4/c1-16-11-13-24(14-12-16)22(27)18-6-8-19(9-7-18)23-21(26)10-5-17-3-2-4-20(15-17)25(28)29/h2-10,15-16H,11-14H2,1H3,(H,23,26)/b10-5+. The van der Waals surface area contributed by atoms with Crippen LogP contribution in [0, 0.1) is 16.0 Å². The summed E-state index contributed by atoms with van der Waals surface area (Å²) in [7, 11) is 0. The second kappa shape index (κ2) is 9.14. The second-order valence-corrected chi connectivity index (χ2v) is 7.23. The van der Waals surface area contributed by atoms with Crippen molar-refractivity contribution in [3.63, 3.8) is 0 Å². The Labute approximate surface area is 169 Å². The van der Waals surface area contributed by atoms with Gasteiger partial charge in [0.05, 0.1) is 4.92 Å². The predicted octanol–water partition coefficient (Wildman–Crippen LogP) is 4.12. The summed E-state index contributed by atoms with van der Waals surface area (Å²) >= 11 is 0. The van der Waals surface area contributed by atoms with Crippen molar-refractivity contribution in [2.24, 2.45) is 5.92 Å². The molecule has 0 atom stereocenters. The first-order chi connectivity index (χ1) is 13.9. The molecule has 150 valence electrons. The average molecular weight is 393 g/mol. The molecule has 0 aliphatic carbocycles. The van der Waals surface area contributed by atoms with E-state index in [0.717, 1.165) is 25.9 Å². The fourth-order valence-electron chi connectivity index (χ4n) is 3.19. The molecule has 0 unspecified atom stereocenters. The summed E-state index contributed by atoms with van der Waals surface area (Å²) < 4.78 is 0. The van der Waals surface area contributed by atoms with Gasteiger partial charge in [-0.2, -0.15) is 0 Å². The van der Waals surface area contributed by atoms with Crippen LogP contribution in [0.15, 0.2) is 54.6 Å². The molecule has 1 fully saturated rings. The Morgan fingerprint density at radius 3 is 2.48 bits per heavy atom. The number of carbonyl (C=O) groups is 2. The van der Waals surface area contributed by atoms with Gasteiger partial charge in [-0.25, -0.2) is 0 Å². The molecular formula is C22H23N3O4. The lowest BCUT2D eigenvalue weighted by molar-refractivity contribution is -0.384. The van der Waals surface area contributed by atoms with Crippen LogP contribution in [0.5, 0.6) is 0 Å². The van der Waals surface area contributed by atoms with E-state index in [2.05, 4.69) is 12.2 Å². The summed E-state index contributed by atoms with van der Waals surface area (Å²) in [6.07, 6.45) is 4.87. The molecule has 0 radical (unpaired) electrons. The molecule has 0 saturated carbocycles. The minimum atomic E-state index is -0.481. The number of piperidine rings is 1. The van der Waals surface area contributed by atoms with E-state index in [4.69, 9.17) is 0 Å². The molecule has 1 saturated heterocycles. The van der Waals surface area contributed by atoms with Gasteiger partial charge in [0, 0.05) is 42.5 Å². The maximum atomic E-state index is 12.6. The number of nitrogens with zero attached hydrogens (tertiary/aromatic N) is 2. The molecule has 0 bridgehead atoms. The summed E-state index contributed by atoms with van der Waals surface area (Å²) in [5.74, 6) is 0.313. The Balaban J connectivity index is 1.58. The van der Waals surface area contributed by atoms with Crippen LogP contribution < -0.4 is 5.32 Å². The lowest BCUT2D eigenvalue weighted by Crippen LogP contribution is -2.37. The van der Waals surface area contributed by atoms with Crippen molar-refractivity contribution in [1.29, 1.82) is 0 Å². The number of nitro benzene ring substituents is 1. The van der Waals surface area contributed by atoms with Crippen molar-refractivity contribution in [3.05, 3.63) is 75.8 Å². The number of benzene rings is 2. The van der Waals surface area contributed by atoms with Crippen LogP contribution in [0.4, 0.5) is 11.4 Å². The van der Waals surface area contributed by atoms with E-state index in [1.807, 2.05) is 4.90 Å². The van der Waals surface area contributed by atoms with Gasteiger partial charge in [0.2, 0.25) is 5.91 Å². The van der Waals surface area contributed by atoms with Gasteiger partial charge in [-0.1, -0.05) is 19.1 Å². The number of likely N-dealkylation sites (tertiary alicyclic amines) is 1. The highest BCUT2D eigenvalue weighted by atomic mass is 16.6. The zero-order valence-corrected chi connectivity index (χ0v) is 16.2. The fourth-order valence-corrected chi connectivity index (χ4v) is 3.19. The van der Waals surface area contributed by atoms with E-state index in [1.54, 1.807) is 36.4 Å². The van der Waals surface area contributed by atoms with E-state index < -0.39 is 4.92 Å². The van der Waals surface area contributed by atoms with E-state index >= 15 is 0 Å². The quantitative estimate of drug-likeness (QED) is 0.470. The molecule has 1 aliphatic rings. The largest absolute Gasteiger partial charge is 0.339 e. The predicted molar refractivity (Wildman–Crippen MR) is 112 cm³/mol. The lowest BCUT2D eigenvalue weighted by atomic mass is 9.98. The zero-order chi connectivity index (χ0) is 20.8. The number of amides is 2. The number of nitrogens with one attached hydrogen (secondary N) is 1. The molecule has 2 aromatic carbocycles. The number of non-ortho nitro benzene ring substituents is 1. The smallest absolute Gasteiger partial charge is 0.270 e. The number of anilines is 1. The van der Waals surface area contributed by atoms with Crippen LogP contribution in [0.1, 0.15) is 35.7 Å². The Morgan fingerprint density at radius 2 is 1.83 bits per heavy atom. The monoisotopic (exact) mass is 393 g/mol. The molecule has 7 nitrogen and oxygen atoms in total. The van der Waals surface area contributed by atoms with Crippen molar-refractivity contribution < 1.29 is 14.5 Å². The summed E-state index contributed by atoms with van der Waals surface area (Å²) in [4.78, 5) is 36.8. The summed E-state index contributed by atoms with van der Waals surface area (Å²) in [6, 6.07) is 12.8. The highest BCUT2D eigenvalue weighted by molar-refractivity contribution is 6.02. The molecule has 2 aromatic rings. The first kappa shape index (κ1) is 20.3. The maximum absolute atomic E-state index is 12.6. The van der Waals surface area contributed by atoms with Gasteiger partial charge in [0.25, 0.3) is 11.6 Å². The molecule has 0 spiro atoms. The van der Waals surface area contributed by atoms with Crippen molar-refractivity contribution in [2.75, 3.05) is 18.4 Å². The third kappa shape index (κ3) is 5.51.